The molecule has 1 aliphatic rings. The Labute approximate surface area is 112 Å². The second-order valence-corrected chi connectivity index (χ2v) is 6.09. The van der Waals surface area contributed by atoms with Crippen LogP contribution in [-0.2, 0) is 0 Å². The van der Waals surface area contributed by atoms with Gasteiger partial charge in [-0.25, -0.2) is 0 Å². The summed E-state index contributed by atoms with van der Waals surface area (Å²) in [6.07, 6.45) is 2.13. The number of halogens is 1. The van der Waals surface area contributed by atoms with E-state index >= 15 is 0 Å². The maximum Gasteiger partial charge on any atom is 0.293 e. The largest absolute Gasteiger partial charge is 0.377 e. The Balaban J connectivity index is 2.16. The summed E-state index contributed by atoms with van der Waals surface area (Å²) >= 11 is 5.20. The second kappa shape index (κ2) is 5.73. The maximum atomic E-state index is 11.0. The summed E-state index contributed by atoms with van der Waals surface area (Å²) < 4.78 is 0.731. The van der Waals surface area contributed by atoms with Crippen molar-refractivity contribution in [3.63, 3.8) is 0 Å². The predicted molar refractivity (Wildman–Crippen MR) is 74.8 cm³/mol. The molecule has 1 fully saturated rings. The molecule has 0 saturated carbocycles. The number of rotatable bonds is 3. The molecular formula is C11H13BrN2O2S. The van der Waals surface area contributed by atoms with Crippen LogP contribution in [0.3, 0.4) is 0 Å². The second-order valence-electron chi connectivity index (χ2n) is 3.95. The Morgan fingerprint density at radius 1 is 1.41 bits per heavy atom. The first-order chi connectivity index (χ1) is 8.16. The molecule has 1 saturated heterocycles. The number of nitro benzene ring substituents is 1. The molecule has 4 nitrogen and oxygen atoms in total. The standard InChI is InChI=1S/C11H13BrN2O2S/c12-8-1-2-10(11(7-8)14(15)16)13-9-3-5-17-6-4-9/h1-2,7,9,13H,3-6H2. The van der Waals surface area contributed by atoms with Crippen LogP contribution in [0.4, 0.5) is 11.4 Å². The molecule has 0 radical (unpaired) electrons. The van der Waals surface area contributed by atoms with Gasteiger partial charge < -0.3 is 5.32 Å². The van der Waals surface area contributed by atoms with Crippen molar-refractivity contribution >= 4 is 39.1 Å². The lowest BCUT2D eigenvalue weighted by Gasteiger charge is -2.23. The molecule has 0 amide bonds. The van der Waals surface area contributed by atoms with Crippen molar-refractivity contribution in [2.24, 2.45) is 0 Å². The zero-order valence-corrected chi connectivity index (χ0v) is 11.6. The Morgan fingerprint density at radius 2 is 2.12 bits per heavy atom. The molecule has 1 aromatic rings. The zero-order chi connectivity index (χ0) is 12.3. The minimum Gasteiger partial charge on any atom is -0.377 e. The van der Waals surface area contributed by atoms with Gasteiger partial charge in [0.25, 0.3) is 5.69 Å². The average molecular weight is 317 g/mol. The van der Waals surface area contributed by atoms with Crippen molar-refractivity contribution in [2.75, 3.05) is 16.8 Å². The van der Waals surface area contributed by atoms with Crippen molar-refractivity contribution in [1.82, 2.24) is 0 Å². The van der Waals surface area contributed by atoms with E-state index in [1.165, 1.54) is 0 Å². The summed E-state index contributed by atoms with van der Waals surface area (Å²) in [5, 5.41) is 14.2. The molecule has 1 heterocycles. The molecule has 6 heteroatoms. The molecule has 17 heavy (non-hydrogen) atoms. The van der Waals surface area contributed by atoms with Crippen LogP contribution in [0.1, 0.15) is 12.8 Å². The summed E-state index contributed by atoms with van der Waals surface area (Å²) in [4.78, 5) is 10.6. The summed E-state index contributed by atoms with van der Waals surface area (Å²) in [7, 11) is 0. The number of nitrogens with zero attached hydrogens (tertiary/aromatic N) is 1. The summed E-state index contributed by atoms with van der Waals surface area (Å²) in [6.45, 7) is 0. The van der Waals surface area contributed by atoms with Gasteiger partial charge in [-0.05, 0) is 36.5 Å². The van der Waals surface area contributed by atoms with Crippen LogP contribution >= 0.6 is 27.7 Å². The van der Waals surface area contributed by atoms with E-state index in [2.05, 4.69) is 21.2 Å². The minimum absolute atomic E-state index is 0.137. The highest BCUT2D eigenvalue weighted by molar-refractivity contribution is 9.10. The number of benzene rings is 1. The number of thioether (sulfide) groups is 1. The number of nitrogens with one attached hydrogen (secondary N) is 1. The van der Waals surface area contributed by atoms with E-state index < -0.39 is 0 Å². The third-order valence-corrected chi connectivity index (χ3v) is 4.28. The minimum atomic E-state index is -0.343. The quantitative estimate of drug-likeness (QED) is 0.683. The first kappa shape index (κ1) is 12.7. The molecule has 1 aromatic carbocycles. The first-order valence-corrected chi connectivity index (χ1v) is 7.40. The highest BCUT2D eigenvalue weighted by Gasteiger charge is 2.19. The van der Waals surface area contributed by atoms with Crippen molar-refractivity contribution in [3.05, 3.63) is 32.8 Å². The van der Waals surface area contributed by atoms with Crippen molar-refractivity contribution in [1.29, 1.82) is 0 Å². The van der Waals surface area contributed by atoms with Gasteiger partial charge in [-0.15, -0.1) is 0 Å². The lowest BCUT2D eigenvalue weighted by molar-refractivity contribution is -0.384. The van der Waals surface area contributed by atoms with Crippen LogP contribution < -0.4 is 5.32 Å². The highest BCUT2D eigenvalue weighted by atomic mass is 79.9. The van der Waals surface area contributed by atoms with Gasteiger partial charge in [-0.2, -0.15) is 11.8 Å². The van der Waals surface area contributed by atoms with Gasteiger partial charge in [0.05, 0.1) is 4.92 Å². The number of anilines is 1. The monoisotopic (exact) mass is 316 g/mol. The van der Waals surface area contributed by atoms with Crippen LogP contribution in [0, 0.1) is 10.1 Å². The fourth-order valence-corrected chi connectivity index (χ4v) is 3.30. The molecule has 0 aliphatic carbocycles. The third kappa shape index (κ3) is 3.35. The Bertz CT molecular complexity index is 422. The van der Waals surface area contributed by atoms with Gasteiger partial charge in [-0.1, -0.05) is 15.9 Å². The number of hydrogen-bond acceptors (Lipinski definition) is 4. The predicted octanol–water partition coefficient (Wildman–Crippen LogP) is 3.66. The molecule has 0 bridgehead atoms. The summed E-state index contributed by atoms with van der Waals surface area (Å²) in [5.41, 5.74) is 0.757. The van der Waals surface area contributed by atoms with Crippen LogP contribution in [0.15, 0.2) is 22.7 Å². The smallest absolute Gasteiger partial charge is 0.293 e. The molecule has 92 valence electrons. The number of nitro groups is 1. The van der Waals surface area contributed by atoms with E-state index in [9.17, 15) is 10.1 Å². The lowest BCUT2D eigenvalue weighted by Crippen LogP contribution is -2.24. The highest BCUT2D eigenvalue weighted by Crippen LogP contribution is 2.30. The normalized spacial score (nSPS) is 16.8. The molecule has 0 atom stereocenters. The summed E-state index contributed by atoms with van der Waals surface area (Å²) in [6, 6.07) is 5.49. The molecule has 0 unspecified atom stereocenters. The third-order valence-electron chi connectivity index (χ3n) is 2.74. The van der Waals surface area contributed by atoms with Gasteiger partial charge in [0, 0.05) is 16.6 Å². The van der Waals surface area contributed by atoms with Crippen LogP contribution in [0.5, 0.6) is 0 Å². The van der Waals surface area contributed by atoms with E-state index in [-0.39, 0.29) is 10.6 Å². The summed E-state index contributed by atoms with van der Waals surface area (Å²) in [5.74, 6) is 2.25. The van der Waals surface area contributed by atoms with E-state index in [4.69, 9.17) is 0 Å². The molecule has 0 spiro atoms. The maximum absolute atomic E-state index is 11.0. The van der Waals surface area contributed by atoms with E-state index in [0.29, 0.717) is 11.7 Å². The van der Waals surface area contributed by atoms with Crippen LogP contribution in [0.25, 0.3) is 0 Å². The molecular weight excluding hydrogens is 304 g/mol. The van der Waals surface area contributed by atoms with Crippen molar-refractivity contribution < 1.29 is 4.92 Å². The fourth-order valence-electron chi connectivity index (χ4n) is 1.84. The van der Waals surface area contributed by atoms with E-state index in [0.717, 1.165) is 28.8 Å². The van der Waals surface area contributed by atoms with Crippen molar-refractivity contribution in [2.45, 2.75) is 18.9 Å². The van der Waals surface area contributed by atoms with Gasteiger partial charge >= 0.3 is 0 Å². The van der Waals surface area contributed by atoms with Crippen molar-refractivity contribution in [3.8, 4) is 0 Å². The Hall–Kier alpha value is -0.750. The number of hydrogen-bond donors (Lipinski definition) is 1. The fraction of sp³-hybridized carbons (Fsp3) is 0.455. The van der Waals surface area contributed by atoms with E-state index in [1.807, 2.05) is 17.8 Å². The zero-order valence-electron chi connectivity index (χ0n) is 9.19. The lowest BCUT2D eigenvalue weighted by atomic mass is 10.1. The molecule has 0 aromatic heterocycles. The van der Waals surface area contributed by atoms with Crippen LogP contribution in [0.2, 0.25) is 0 Å². The SMILES string of the molecule is O=[N+]([O-])c1cc(Br)ccc1NC1CCSCC1. The topological polar surface area (TPSA) is 55.2 Å². The Morgan fingerprint density at radius 3 is 2.76 bits per heavy atom. The average Bonchev–Trinajstić information content (AvgIpc) is 2.32. The first-order valence-electron chi connectivity index (χ1n) is 5.45. The Kier molecular flexibility index (Phi) is 4.28. The van der Waals surface area contributed by atoms with Gasteiger partial charge in [0.1, 0.15) is 5.69 Å². The van der Waals surface area contributed by atoms with Gasteiger partial charge in [0.15, 0.2) is 0 Å². The van der Waals surface area contributed by atoms with E-state index in [1.54, 1.807) is 12.1 Å². The van der Waals surface area contributed by atoms with Crippen LogP contribution in [-0.4, -0.2) is 22.5 Å². The molecule has 1 N–H and O–H groups in total. The molecule has 2 rings (SSSR count). The molecule has 1 aliphatic heterocycles. The van der Waals surface area contributed by atoms with Gasteiger partial charge in [-0.3, -0.25) is 10.1 Å². The van der Waals surface area contributed by atoms with Gasteiger partial charge in [0.2, 0.25) is 0 Å².